The fraction of sp³-hybridized carbons (Fsp3) is 0.167. The van der Waals surface area contributed by atoms with Crippen LogP contribution in [-0.2, 0) is 14.1 Å². The Hall–Kier alpha value is -2.41. The van der Waals surface area contributed by atoms with E-state index < -0.39 is 11.2 Å². The van der Waals surface area contributed by atoms with Crippen LogP contribution in [-0.4, -0.2) is 24.1 Å². The van der Waals surface area contributed by atoms with Gasteiger partial charge in [-0.05, 0) is 12.1 Å². The Morgan fingerprint density at radius 1 is 1.10 bits per heavy atom. The van der Waals surface area contributed by atoms with E-state index in [1.807, 2.05) is 0 Å². The van der Waals surface area contributed by atoms with Gasteiger partial charge in [-0.15, -0.1) is 5.10 Å². The molecule has 0 aliphatic rings. The number of halogens is 1. The van der Waals surface area contributed by atoms with Gasteiger partial charge in [0.15, 0.2) is 11.2 Å². The van der Waals surface area contributed by atoms with Crippen molar-refractivity contribution in [2.45, 2.75) is 0 Å². The number of aryl methyl sites for hydroxylation is 1. The summed E-state index contributed by atoms with van der Waals surface area (Å²) in [5, 5.41) is 8.25. The van der Waals surface area contributed by atoms with Crippen molar-refractivity contribution >= 4 is 22.8 Å². The van der Waals surface area contributed by atoms with E-state index >= 15 is 0 Å². The molecule has 2 heterocycles. The Labute approximate surface area is 117 Å². The maximum atomic E-state index is 12.0. The second-order valence-corrected chi connectivity index (χ2v) is 4.74. The van der Waals surface area contributed by atoms with Crippen molar-refractivity contribution in [3.63, 3.8) is 0 Å². The van der Waals surface area contributed by atoms with Crippen molar-refractivity contribution in [1.29, 1.82) is 0 Å². The molecule has 8 heteroatoms. The Bertz CT molecular complexity index is 937. The molecule has 20 heavy (non-hydrogen) atoms. The summed E-state index contributed by atoms with van der Waals surface area (Å²) in [4.78, 5) is 24.0. The highest BCUT2D eigenvalue weighted by Gasteiger charge is 2.17. The Morgan fingerprint density at radius 2 is 1.80 bits per heavy atom. The predicted molar refractivity (Wildman–Crippen MR) is 74.4 cm³/mol. The normalized spacial score (nSPS) is 11.2. The molecule has 0 unspecified atom stereocenters. The highest BCUT2D eigenvalue weighted by atomic mass is 35.5. The van der Waals surface area contributed by atoms with Crippen molar-refractivity contribution < 1.29 is 0 Å². The van der Waals surface area contributed by atoms with Crippen LogP contribution in [0.25, 0.3) is 16.9 Å². The molecule has 0 amide bonds. The second-order valence-electron chi connectivity index (χ2n) is 4.33. The lowest BCUT2D eigenvalue weighted by Crippen LogP contribution is -2.37. The molecule has 3 rings (SSSR count). The van der Waals surface area contributed by atoms with Crippen molar-refractivity contribution in [3.8, 4) is 5.69 Å². The first kappa shape index (κ1) is 12.6. The quantitative estimate of drug-likeness (QED) is 0.653. The number of benzene rings is 1. The van der Waals surface area contributed by atoms with Gasteiger partial charge in [0, 0.05) is 14.1 Å². The molecular formula is C12H10ClN5O2. The van der Waals surface area contributed by atoms with E-state index in [2.05, 4.69) is 10.3 Å². The molecule has 0 saturated heterocycles. The van der Waals surface area contributed by atoms with Crippen LogP contribution in [0.5, 0.6) is 0 Å². The molecule has 0 spiro atoms. The Balaban J connectivity index is 2.50. The van der Waals surface area contributed by atoms with Crippen LogP contribution in [0.1, 0.15) is 0 Å². The zero-order valence-corrected chi connectivity index (χ0v) is 11.5. The van der Waals surface area contributed by atoms with Gasteiger partial charge in [-0.2, -0.15) is 4.68 Å². The molecule has 3 aromatic rings. The molecule has 0 radical (unpaired) electrons. The molecule has 0 N–H and O–H groups in total. The van der Waals surface area contributed by atoms with Crippen LogP contribution < -0.4 is 11.2 Å². The zero-order chi connectivity index (χ0) is 14.4. The maximum absolute atomic E-state index is 12.0. The van der Waals surface area contributed by atoms with E-state index in [4.69, 9.17) is 11.6 Å². The van der Waals surface area contributed by atoms with Crippen LogP contribution in [0.3, 0.4) is 0 Å². The third kappa shape index (κ3) is 1.60. The number of hydrogen-bond donors (Lipinski definition) is 0. The van der Waals surface area contributed by atoms with Crippen LogP contribution in [0.2, 0.25) is 5.02 Å². The fourth-order valence-electron chi connectivity index (χ4n) is 2.06. The summed E-state index contributed by atoms with van der Waals surface area (Å²) in [6, 6.07) is 7.00. The molecule has 0 bridgehead atoms. The van der Waals surface area contributed by atoms with E-state index in [1.54, 1.807) is 31.3 Å². The number of fused-ring (bicyclic) bond motifs is 1. The summed E-state index contributed by atoms with van der Waals surface area (Å²) in [6.45, 7) is 0. The van der Waals surface area contributed by atoms with Crippen LogP contribution in [0.15, 0.2) is 33.9 Å². The largest absolute Gasteiger partial charge is 0.332 e. The van der Waals surface area contributed by atoms with Crippen molar-refractivity contribution in [1.82, 2.24) is 24.1 Å². The highest BCUT2D eigenvalue weighted by Crippen LogP contribution is 2.21. The monoisotopic (exact) mass is 291 g/mol. The highest BCUT2D eigenvalue weighted by molar-refractivity contribution is 6.32. The van der Waals surface area contributed by atoms with E-state index in [-0.39, 0.29) is 5.52 Å². The molecule has 0 aliphatic heterocycles. The van der Waals surface area contributed by atoms with E-state index in [9.17, 15) is 9.59 Å². The minimum atomic E-state index is -0.485. The summed E-state index contributed by atoms with van der Waals surface area (Å²) in [6.07, 6.45) is 0. The minimum absolute atomic E-state index is 0.120. The van der Waals surface area contributed by atoms with Crippen molar-refractivity contribution in [3.05, 3.63) is 50.1 Å². The topological polar surface area (TPSA) is 74.7 Å². The Morgan fingerprint density at radius 3 is 2.50 bits per heavy atom. The first-order valence-corrected chi connectivity index (χ1v) is 6.16. The third-order valence-electron chi connectivity index (χ3n) is 3.13. The third-order valence-corrected chi connectivity index (χ3v) is 3.45. The predicted octanol–water partition coefficient (Wildman–Crippen LogP) is 0.471. The van der Waals surface area contributed by atoms with E-state index in [0.29, 0.717) is 16.4 Å². The minimum Gasteiger partial charge on any atom is -0.279 e. The SMILES string of the molecule is Cn1c(=O)c2nnn(-c3ccccc3Cl)c2n(C)c1=O. The summed E-state index contributed by atoms with van der Waals surface area (Å²) >= 11 is 6.12. The molecule has 0 fully saturated rings. The van der Waals surface area contributed by atoms with Crippen LogP contribution in [0.4, 0.5) is 0 Å². The van der Waals surface area contributed by atoms with Gasteiger partial charge in [-0.3, -0.25) is 13.9 Å². The van der Waals surface area contributed by atoms with Crippen LogP contribution in [0, 0.1) is 0 Å². The molecular weight excluding hydrogens is 282 g/mol. The molecule has 0 aliphatic carbocycles. The molecule has 0 saturated carbocycles. The summed E-state index contributed by atoms with van der Waals surface area (Å²) in [5.41, 5.74) is 0.0557. The van der Waals surface area contributed by atoms with Crippen molar-refractivity contribution in [2.24, 2.45) is 14.1 Å². The molecule has 2 aromatic heterocycles. The van der Waals surface area contributed by atoms with Gasteiger partial charge in [0.2, 0.25) is 0 Å². The number of hydrogen-bond acceptors (Lipinski definition) is 4. The average Bonchev–Trinajstić information content (AvgIpc) is 2.88. The smallest absolute Gasteiger partial charge is 0.279 e. The van der Waals surface area contributed by atoms with Crippen molar-refractivity contribution in [2.75, 3.05) is 0 Å². The molecule has 1 aromatic carbocycles. The standard InChI is InChI=1S/C12H10ClN5O2/c1-16-10-9(11(19)17(2)12(16)20)14-15-18(10)8-6-4-3-5-7(8)13/h3-6H,1-2H3. The number of para-hydroxylation sites is 1. The van der Waals surface area contributed by atoms with Gasteiger partial charge in [-0.1, -0.05) is 28.9 Å². The van der Waals surface area contributed by atoms with Gasteiger partial charge in [-0.25, -0.2) is 4.79 Å². The van der Waals surface area contributed by atoms with E-state index in [1.165, 1.54) is 16.3 Å². The first-order chi connectivity index (χ1) is 9.52. The van der Waals surface area contributed by atoms with E-state index in [0.717, 1.165) is 4.57 Å². The lowest BCUT2D eigenvalue weighted by molar-refractivity contribution is 0.698. The summed E-state index contributed by atoms with van der Waals surface area (Å²) < 4.78 is 3.70. The number of nitrogens with zero attached hydrogens (tertiary/aromatic N) is 5. The van der Waals surface area contributed by atoms with Gasteiger partial charge >= 0.3 is 5.69 Å². The van der Waals surface area contributed by atoms with Crippen LogP contribution >= 0.6 is 11.6 Å². The Kier molecular flexibility index (Phi) is 2.72. The number of rotatable bonds is 1. The molecule has 7 nitrogen and oxygen atoms in total. The first-order valence-electron chi connectivity index (χ1n) is 5.78. The lowest BCUT2D eigenvalue weighted by atomic mass is 10.3. The zero-order valence-electron chi connectivity index (χ0n) is 10.7. The van der Waals surface area contributed by atoms with Gasteiger partial charge in [0.1, 0.15) is 0 Å². The molecule has 102 valence electrons. The number of aromatic nitrogens is 5. The lowest BCUT2D eigenvalue weighted by Gasteiger charge is -2.07. The van der Waals surface area contributed by atoms with Gasteiger partial charge in [0.25, 0.3) is 5.56 Å². The van der Waals surface area contributed by atoms with Gasteiger partial charge < -0.3 is 0 Å². The summed E-state index contributed by atoms with van der Waals surface area (Å²) in [7, 11) is 2.96. The summed E-state index contributed by atoms with van der Waals surface area (Å²) in [5.74, 6) is 0. The molecule has 0 atom stereocenters. The maximum Gasteiger partial charge on any atom is 0.332 e. The fourth-order valence-corrected chi connectivity index (χ4v) is 2.28. The average molecular weight is 292 g/mol. The second kappa shape index (κ2) is 4.31. The van der Waals surface area contributed by atoms with Gasteiger partial charge in [0.05, 0.1) is 10.7 Å².